The van der Waals surface area contributed by atoms with Crippen LogP contribution >= 0.6 is 0 Å². The second kappa shape index (κ2) is 6.02. The first-order valence-corrected chi connectivity index (χ1v) is 11.6. The molecule has 0 saturated heterocycles. The highest BCUT2D eigenvalue weighted by Gasteiger charge is 2.51. The summed E-state index contributed by atoms with van der Waals surface area (Å²) >= 11 is 0. The summed E-state index contributed by atoms with van der Waals surface area (Å²) in [7, 11) is 0. The van der Waals surface area contributed by atoms with Crippen LogP contribution < -0.4 is 4.74 Å². The molecule has 154 valence electrons. The minimum Gasteiger partial charge on any atom is -0.457 e. The van der Waals surface area contributed by atoms with E-state index in [2.05, 4.69) is 109 Å². The lowest BCUT2D eigenvalue weighted by Crippen LogP contribution is -2.32. The van der Waals surface area contributed by atoms with E-state index in [0.717, 1.165) is 17.9 Å². The van der Waals surface area contributed by atoms with Gasteiger partial charge in [0.05, 0.1) is 5.41 Å². The molecule has 1 aliphatic heterocycles. The largest absolute Gasteiger partial charge is 0.457 e. The first kappa shape index (κ1) is 17.5. The van der Waals surface area contributed by atoms with Gasteiger partial charge in [0.1, 0.15) is 11.5 Å². The van der Waals surface area contributed by atoms with Crippen molar-refractivity contribution in [1.82, 2.24) is 0 Å². The van der Waals surface area contributed by atoms with Crippen molar-refractivity contribution in [3.05, 3.63) is 143 Å². The molecule has 0 unspecified atom stereocenters. The summed E-state index contributed by atoms with van der Waals surface area (Å²) in [6.45, 7) is 0. The summed E-state index contributed by atoms with van der Waals surface area (Å²) in [6.07, 6.45) is 0.991. The molecule has 3 aliphatic rings. The maximum absolute atomic E-state index is 6.44. The van der Waals surface area contributed by atoms with Crippen molar-refractivity contribution < 1.29 is 4.74 Å². The van der Waals surface area contributed by atoms with Crippen molar-refractivity contribution in [3.8, 4) is 33.8 Å². The smallest absolute Gasteiger partial charge is 0.132 e. The van der Waals surface area contributed by atoms with E-state index in [1.807, 2.05) is 0 Å². The van der Waals surface area contributed by atoms with Crippen molar-refractivity contribution in [1.29, 1.82) is 0 Å². The fourth-order valence-electron chi connectivity index (χ4n) is 6.48. The van der Waals surface area contributed by atoms with Gasteiger partial charge in [-0.2, -0.15) is 0 Å². The van der Waals surface area contributed by atoms with E-state index in [4.69, 9.17) is 4.74 Å². The summed E-state index contributed by atoms with van der Waals surface area (Å²) < 4.78 is 6.44. The molecule has 5 aromatic carbocycles. The molecular weight excluding hydrogens is 400 g/mol. The first-order valence-electron chi connectivity index (χ1n) is 11.6. The van der Waals surface area contributed by atoms with E-state index in [1.54, 1.807) is 0 Å². The Morgan fingerprint density at radius 1 is 0.455 bits per heavy atom. The molecule has 0 aromatic heterocycles. The SMILES string of the molecule is c1ccc2c(c1)Cc1cc3c(cc1-2)-c1ccccc1C31c2ccccc2Oc2ccccc21. The molecule has 1 nitrogen and oxygen atoms in total. The number of hydrogen-bond donors (Lipinski definition) is 0. The zero-order chi connectivity index (χ0) is 21.6. The number of para-hydroxylation sites is 2. The van der Waals surface area contributed by atoms with Crippen molar-refractivity contribution in [3.63, 3.8) is 0 Å². The Morgan fingerprint density at radius 2 is 1.06 bits per heavy atom. The summed E-state index contributed by atoms with van der Waals surface area (Å²) in [5, 5.41) is 0. The molecule has 0 N–H and O–H groups in total. The highest BCUT2D eigenvalue weighted by atomic mass is 16.5. The molecular formula is C32H20O. The average Bonchev–Trinajstić information content (AvgIpc) is 3.37. The number of ether oxygens (including phenoxy) is 1. The maximum atomic E-state index is 6.44. The third-order valence-electron chi connectivity index (χ3n) is 7.76. The van der Waals surface area contributed by atoms with E-state index < -0.39 is 0 Å². The van der Waals surface area contributed by atoms with E-state index in [1.165, 1.54) is 55.6 Å². The van der Waals surface area contributed by atoms with Crippen LogP contribution in [0, 0.1) is 0 Å². The molecule has 33 heavy (non-hydrogen) atoms. The number of benzene rings is 5. The molecule has 1 heteroatoms. The Morgan fingerprint density at radius 3 is 1.82 bits per heavy atom. The third-order valence-corrected chi connectivity index (χ3v) is 7.76. The minimum atomic E-state index is -0.374. The summed E-state index contributed by atoms with van der Waals surface area (Å²) in [4.78, 5) is 0. The Bertz CT molecular complexity index is 1580. The van der Waals surface area contributed by atoms with Gasteiger partial charge < -0.3 is 4.74 Å². The van der Waals surface area contributed by atoms with Gasteiger partial charge >= 0.3 is 0 Å². The molecule has 0 bridgehead atoms. The first-order chi connectivity index (χ1) is 16.4. The van der Waals surface area contributed by atoms with Crippen LogP contribution in [0.3, 0.4) is 0 Å². The van der Waals surface area contributed by atoms with Crippen LogP contribution in [0.2, 0.25) is 0 Å². The lowest BCUT2D eigenvalue weighted by atomic mass is 9.66. The van der Waals surface area contributed by atoms with Gasteiger partial charge in [0.2, 0.25) is 0 Å². The van der Waals surface area contributed by atoms with Gasteiger partial charge in [0, 0.05) is 11.1 Å². The van der Waals surface area contributed by atoms with Gasteiger partial charge in [0.25, 0.3) is 0 Å². The molecule has 0 atom stereocenters. The minimum absolute atomic E-state index is 0.374. The quantitative estimate of drug-likeness (QED) is 0.244. The van der Waals surface area contributed by atoms with Gasteiger partial charge in [-0.3, -0.25) is 0 Å². The zero-order valence-corrected chi connectivity index (χ0v) is 18.0. The van der Waals surface area contributed by atoms with Gasteiger partial charge in [-0.25, -0.2) is 0 Å². The molecule has 0 amide bonds. The predicted molar refractivity (Wildman–Crippen MR) is 132 cm³/mol. The van der Waals surface area contributed by atoms with Gasteiger partial charge in [-0.15, -0.1) is 0 Å². The lowest BCUT2D eigenvalue weighted by molar-refractivity contribution is 0.436. The predicted octanol–water partition coefficient (Wildman–Crippen LogP) is 7.73. The van der Waals surface area contributed by atoms with Gasteiger partial charge in [-0.05, 0) is 69.1 Å². The Labute approximate surface area is 192 Å². The molecule has 0 radical (unpaired) electrons. The molecule has 1 spiro atoms. The number of rotatable bonds is 0. The average molecular weight is 421 g/mol. The highest BCUT2D eigenvalue weighted by molar-refractivity contribution is 5.92. The maximum Gasteiger partial charge on any atom is 0.132 e. The van der Waals surface area contributed by atoms with Crippen molar-refractivity contribution in [2.45, 2.75) is 11.8 Å². The van der Waals surface area contributed by atoms with Crippen molar-refractivity contribution in [2.75, 3.05) is 0 Å². The van der Waals surface area contributed by atoms with Crippen LogP contribution in [0.15, 0.2) is 109 Å². The second-order valence-electron chi connectivity index (χ2n) is 9.28. The Balaban J connectivity index is 1.54. The molecule has 5 aromatic rings. The standard InChI is InChI=1S/C32H20O/c1-2-10-22-20(9-1)17-21-18-29-25(19-24(21)22)23-11-3-4-12-26(23)32(29)27-13-5-7-15-30(27)33-31-16-8-6-14-28(31)32/h1-16,18-19H,17H2. The third kappa shape index (κ3) is 2.04. The second-order valence-corrected chi connectivity index (χ2v) is 9.28. The molecule has 1 heterocycles. The van der Waals surface area contributed by atoms with E-state index in [9.17, 15) is 0 Å². The summed E-state index contributed by atoms with van der Waals surface area (Å²) in [6, 6.07) is 39.9. The normalized spacial score (nSPS) is 15.0. The van der Waals surface area contributed by atoms with Crippen LogP contribution in [0.1, 0.15) is 33.4 Å². The van der Waals surface area contributed by atoms with Gasteiger partial charge in [0.15, 0.2) is 0 Å². The van der Waals surface area contributed by atoms with Crippen molar-refractivity contribution in [2.24, 2.45) is 0 Å². The molecule has 2 aliphatic carbocycles. The van der Waals surface area contributed by atoms with E-state index >= 15 is 0 Å². The highest BCUT2D eigenvalue weighted by Crippen LogP contribution is 2.62. The monoisotopic (exact) mass is 420 g/mol. The van der Waals surface area contributed by atoms with Crippen LogP contribution in [0.5, 0.6) is 11.5 Å². The fourth-order valence-corrected chi connectivity index (χ4v) is 6.48. The van der Waals surface area contributed by atoms with Crippen LogP contribution in [0.25, 0.3) is 22.3 Å². The molecule has 0 saturated carbocycles. The Hall–Kier alpha value is -4.10. The summed E-state index contributed by atoms with van der Waals surface area (Å²) in [5.41, 5.74) is 13.1. The number of fused-ring (bicyclic) bond motifs is 12. The van der Waals surface area contributed by atoms with E-state index in [0.29, 0.717) is 0 Å². The van der Waals surface area contributed by atoms with Crippen LogP contribution in [-0.2, 0) is 11.8 Å². The van der Waals surface area contributed by atoms with Gasteiger partial charge in [-0.1, -0.05) is 91.0 Å². The Kier molecular flexibility index (Phi) is 3.19. The van der Waals surface area contributed by atoms with Crippen molar-refractivity contribution >= 4 is 0 Å². The molecule has 8 rings (SSSR count). The topological polar surface area (TPSA) is 9.23 Å². The van der Waals surface area contributed by atoms with Crippen LogP contribution in [0.4, 0.5) is 0 Å². The molecule has 0 fully saturated rings. The zero-order valence-electron chi connectivity index (χ0n) is 18.0. The number of hydrogen-bond acceptors (Lipinski definition) is 1. The van der Waals surface area contributed by atoms with E-state index in [-0.39, 0.29) is 5.41 Å². The lowest BCUT2D eigenvalue weighted by Gasteiger charge is -2.39. The summed E-state index contributed by atoms with van der Waals surface area (Å²) in [5.74, 6) is 1.89. The fraction of sp³-hybridized carbons (Fsp3) is 0.0625. The van der Waals surface area contributed by atoms with Crippen LogP contribution in [-0.4, -0.2) is 0 Å².